The van der Waals surface area contributed by atoms with Crippen LogP contribution in [0.25, 0.3) is 0 Å². The molecule has 0 saturated heterocycles. The van der Waals surface area contributed by atoms with Gasteiger partial charge in [0.25, 0.3) is 0 Å². The third-order valence-corrected chi connectivity index (χ3v) is 3.01. The molecule has 1 unspecified atom stereocenters. The summed E-state index contributed by atoms with van der Waals surface area (Å²) in [7, 11) is -3.43. The van der Waals surface area contributed by atoms with Gasteiger partial charge in [0, 0.05) is 6.61 Å². The van der Waals surface area contributed by atoms with E-state index in [1.165, 1.54) is 0 Å². The van der Waals surface area contributed by atoms with Crippen molar-refractivity contribution in [2.75, 3.05) is 12.4 Å². The van der Waals surface area contributed by atoms with Crippen LogP contribution in [0.15, 0.2) is 30.3 Å². The number of rotatable bonds is 6. The Morgan fingerprint density at radius 1 is 1.31 bits per heavy atom. The van der Waals surface area contributed by atoms with Crippen LogP contribution in [-0.2, 0) is 14.8 Å². The second kappa shape index (κ2) is 5.98. The maximum absolute atomic E-state index is 10.9. The first-order valence-electron chi connectivity index (χ1n) is 5.20. The van der Waals surface area contributed by atoms with Crippen molar-refractivity contribution < 1.29 is 13.2 Å². The van der Waals surface area contributed by atoms with Gasteiger partial charge in [-0.1, -0.05) is 30.3 Å². The number of primary sulfonamides is 1. The van der Waals surface area contributed by atoms with E-state index < -0.39 is 10.0 Å². The van der Waals surface area contributed by atoms with E-state index in [0.717, 1.165) is 5.56 Å². The highest BCUT2D eigenvalue weighted by Gasteiger charge is 2.14. The molecule has 0 fully saturated rings. The van der Waals surface area contributed by atoms with Gasteiger partial charge < -0.3 is 4.74 Å². The zero-order valence-corrected chi connectivity index (χ0v) is 10.1. The van der Waals surface area contributed by atoms with Gasteiger partial charge in [-0.3, -0.25) is 0 Å². The van der Waals surface area contributed by atoms with Gasteiger partial charge in [0.05, 0.1) is 11.9 Å². The Balaban J connectivity index is 2.69. The summed E-state index contributed by atoms with van der Waals surface area (Å²) in [6.07, 6.45) is 0.181. The molecule has 5 heteroatoms. The highest BCUT2D eigenvalue weighted by molar-refractivity contribution is 7.89. The number of ether oxygens (including phenoxy) is 1. The van der Waals surface area contributed by atoms with Crippen LogP contribution in [0.4, 0.5) is 0 Å². The number of benzene rings is 1. The van der Waals surface area contributed by atoms with E-state index in [4.69, 9.17) is 9.88 Å². The lowest BCUT2D eigenvalue weighted by molar-refractivity contribution is 0.0603. The van der Waals surface area contributed by atoms with Crippen molar-refractivity contribution in [2.24, 2.45) is 5.14 Å². The van der Waals surface area contributed by atoms with Crippen LogP contribution in [-0.4, -0.2) is 20.8 Å². The van der Waals surface area contributed by atoms with Crippen molar-refractivity contribution >= 4 is 10.0 Å². The molecule has 0 aliphatic carbocycles. The fraction of sp³-hybridized carbons (Fsp3) is 0.455. The quantitative estimate of drug-likeness (QED) is 0.822. The Bertz CT molecular complexity index is 402. The molecule has 0 aromatic heterocycles. The summed E-state index contributed by atoms with van der Waals surface area (Å²) in [6.45, 7) is 2.43. The Labute approximate surface area is 96.5 Å². The summed E-state index contributed by atoms with van der Waals surface area (Å²) in [4.78, 5) is 0. The van der Waals surface area contributed by atoms with E-state index in [9.17, 15) is 8.42 Å². The summed E-state index contributed by atoms with van der Waals surface area (Å²) in [5, 5.41) is 4.97. The van der Waals surface area contributed by atoms with Crippen LogP contribution in [0.5, 0.6) is 0 Å². The van der Waals surface area contributed by atoms with Gasteiger partial charge in [-0.15, -0.1) is 0 Å². The Hall–Kier alpha value is -0.910. The van der Waals surface area contributed by atoms with E-state index in [1.54, 1.807) is 0 Å². The highest BCUT2D eigenvalue weighted by Crippen LogP contribution is 2.21. The van der Waals surface area contributed by atoms with Crippen molar-refractivity contribution in [3.63, 3.8) is 0 Å². The molecule has 0 aliphatic rings. The lowest BCUT2D eigenvalue weighted by atomic mass is 10.1. The largest absolute Gasteiger partial charge is 0.374 e. The molecule has 1 atom stereocenters. The van der Waals surface area contributed by atoms with Crippen LogP contribution < -0.4 is 5.14 Å². The average molecular weight is 243 g/mol. The Morgan fingerprint density at radius 2 is 1.94 bits per heavy atom. The van der Waals surface area contributed by atoms with Gasteiger partial charge in [0.1, 0.15) is 0 Å². The summed E-state index contributed by atoms with van der Waals surface area (Å²) in [5.74, 6) is -0.0629. The van der Waals surface area contributed by atoms with Crippen LogP contribution in [0.2, 0.25) is 0 Å². The van der Waals surface area contributed by atoms with Crippen LogP contribution in [0, 0.1) is 0 Å². The lowest BCUT2D eigenvalue weighted by Crippen LogP contribution is -2.19. The Morgan fingerprint density at radius 3 is 2.44 bits per heavy atom. The first-order valence-corrected chi connectivity index (χ1v) is 6.91. The van der Waals surface area contributed by atoms with Crippen LogP contribution >= 0.6 is 0 Å². The third-order valence-electron chi connectivity index (χ3n) is 2.20. The van der Waals surface area contributed by atoms with Crippen molar-refractivity contribution in [1.82, 2.24) is 0 Å². The van der Waals surface area contributed by atoms with E-state index in [0.29, 0.717) is 13.0 Å². The molecular formula is C11H17NO3S. The van der Waals surface area contributed by atoms with Crippen molar-refractivity contribution in [2.45, 2.75) is 19.4 Å². The smallest absolute Gasteiger partial charge is 0.209 e. The first-order chi connectivity index (χ1) is 7.53. The normalized spacial score (nSPS) is 13.6. The van der Waals surface area contributed by atoms with Crippen molar-refractivity contribution in [3.8, 4) is 0 Å². The van der Waals surface area contributed by atoms with Gasteiger partial charge >= 0.3 is 0 Å². The molecule has 0 spiro atoms. The van der Waals surface area contributed by atoms with Crippen LogP contribution in [0.1, 0.15) is 25.0 Å². The monoisotopic (exact) mass is 243 g/mol. The van der Waals surface area contributed by atoms with E-state index in [2.05, 4.69) is 0 Å². The summed E-state index contributed by atoms with van der Waals surface area (Å²) in [6, 6.07) is 9.55. The van der Waals surface area contributed by atoms with Gasteiger partial charge in [0.15, 0.2) is 0 Å². The SMILES string of the molecule is CCOC(CCS(N)(=O)=O)c1ccccc1. The highest BCUT2D eigenvalue weighted by atomic mass is 32.2. The molecule has 0 saturated carbocycles. The third kappa shape index (κ3) is 4.74. The fourth-order valence-corrected chi connectivity index (χ4v) is 2.03. The van der Waals surface area contributed by atoms with Gasteiger partial charge in [-0.2, -0.15) is 0 Å². The van der Waals surface area contributed by atoms with E-state index >= 15 is 0 Å². The first kappa shape index (κ1) is 13.2. The second-order valence-electron chi connectivity index (χ2n) is 3.51. The second-order valence-corrected chi connectivity index (χ2v) is 5.24. The van der Waals surface area contributed by atoms with E-state index in [-0.39, 0.29) is 11.9 Å². The molecule has 2 N–H and O–H groups in total. The summed E-state index contributed by atoms with van der Waals surface area (Å²) in [5.41, 5.74) is 0.980. The minimum atomic E-state index is -3.43. The molecular weight excluding hydrogens is 226 g/mol. The molecule has 16 heavy (non-hydrogen) atoms. The predicted octanol–water partition coefficient (Wildman–Crippen LogP) is 1.44. The number of hydrogen-bond acceptors (Lipinski definition) is 3. The molecule has 1 rings (SSSR count). The van der Waals surface area contributed by atoms with Gasteiger partial charge in [0.2, 0.25) is 10.0 Å². The zero-order chi connectivity index (χ0) is 12.0. The van der Waals surface area contributed by atoms with Crippen LogP contribution in [0.3, 0.4) is 0 Å². The predicted molar refractivity (Wildman–Crippen MR) is 63.4 cm³/mol. The molecule has 1 aromatic rings. The molecule has 0 amide bonds. The lowest BCUT2D eigenvalue weighted by Gasteiger charge is -2.16. The summed E-state index contributed by atoms with van der Waals surface area (Å²) >= 11 is 0. The van der Waals surface area contributed by atoms with E-state index in [1.807, 2.05) is 37.3 Å². The topological polar surface area (TPSA) is 69.4 Å². The zero-order valence-electron chi connectivity index (χ0n) is 9.30. The maximum atomic E-state index is 10.9. The standard InChI is InChI=1S/C11H17NO3S/c1-2-15-11(8-9-16(12,13)14)10-6-4-3-5-7-10/h3-7,11H,2,8-9H2,1H3,(H2,12,13,14). The van der Waals surface area contributed by atoms with Gasteiger partial charge in [-0.25, -0.2) is 13.6 Å². The van der Waals surface area contributed by atoms with Gasteiger partial charge in [-0.05, 0) is 18.9 Å². The van der Waals surface area contributed by atoms with Crippen molar-refractivity contribution in [1.29, 1.82) is 0 Å². The molecule has 1 aromatic carbocycles. The number of hydrogen-bond donors (Lipinski definition) is 1. The Kier molecular flexibility index (Phi) is 4.92. The fourth-order valence-electron chi connectivity index (χ4n) is 1.49. The number of nitrogens with two attached hydrogens (primary N) is 1. The molecule has 0 heterocycles. The maximum Gasteiger partial charge on any atom is 0.209 e. The number of sulfonamides is 1. The summed E-state index contributed by atoms with van der Waals surface area (Å²) < 4.78 is 27.3. The minimum absolute atomic E-state index is 0.0629. The molecule has 0 aliphatic heterocycles. The van der Waals surface area contributed by atoms with Crippen molar-refractivity contribution in [3.05, 3.63) is 35.9 Å². The molecule has 0 radical (unpaired) electrons. The average Bonchev–Trinajstić information content (AvgIpc) is 2.24. The molecule has 0 bridgehead atoms. The minimum Gasteiger partial charge on any atom is -0.374 e. The molecule has 90 valence electrons. The molecule has 4 nitrogen and oxygen atoms in total.